The maximum Gasteiger partial charge on any atom is 0.328 e. The molecule has 0 atom stereocenters. The first-order valence-electron chi connectivity index (χ1n) is 7.85. The highest BCUT2D eigenvalue weighted by molar-refractivity contribution is 6.22. The number of urea groups is 1. The number of aliphatic hydroxyl groups excluding tert-OH is 1. The van der Waals surface area contributed by atoms with E-state index in [1.165, 1.54) is 0 Å². The van der Waals surface area contributed by atoms with Crippen molar-refractivity contribution < 1.29 is 19.5 Å². The zero-order chi connectivity index (χ0) is 17.2. The van der Waals surface area contributed by atoms with Gasteiger partial charge in [-0.05, 0) is 18.4 Å². The van der Waals surface area contributed by atoms with Gasteiger partial charge in [0, 0.05) is 13.1 Å². The number of likely N-dealkylation sites (tertiary alicyclic amines) is 1. The number of hydrogen-bond acceptors (Lipinski definition) is 5. The normalized spacial score (nSPS) is 21.2. The lowest BCUT2D eigenvalue weighted by molar-refractivity contribution is -0.149. The van der Waals surface area contributed by atoms with E-state index in [-0.39, 0.29) is 6.61 Å². The zero-order valence-corrected chi connectivity index (χ0v) is 13.1. The average molecular weight is 329 g/mol. The SMILES string of the molecule is O=C1NC(=O)C(c2ccccc2)(N2CCC(=CCO)CC2)C(=O)N1. The quantitative estimate of drug-likeness (QED) is 0.546. The number of carbonyl (C=O) groups is 3. The summed E-state index contributed by atoms with van der Waals surface area (Å²) in [4.78, 5) is 38.8. The molecule has 7 nitrogen and oxygen atoms in total. The fraction of sp³-hybridized carbons (Fsp3) is 0.353. The van der Waals surface area contributed by atoms with Gasteiger partial charge in [0.05, 0.1) is 6.61 Å². The number of imide groups is 2. The van der Waals surface area contributed by atoms with E-state index < -0.39 is 23.4 Å². The first kappa shape index (κ1) is 16.4. The number of barbiturate groups is 1. The molecule has 24 heavy (non-hydrogen) atoms. The summed E-state index contributed by atoms with van der Waals surface area (Å²) in [6.07, 6.45) is 3.07. The monoisotopic (exact) mass is 329 g/mol. The second-order valence-electron chi connectivity index (χ2n) is 5.85. The standard InChI is InChI=1S/C17H19N3O4/c21-11-8-12-6-9-20(10-7-12)17(13-4-2-1-3-5-13)14(22)18-16(24)19-15(17)23/h1-5,8,21H,6-7,9-11H2,(H2,18,19,22,23,24). The maximum atomic E-state index is 12.8. The summed E-state index contributed by atoms with van der Waals surface area (Å²) in [6.45, 7) is 0.945. The minimum absolute atomic E-state index is 0.0192. The summed E-state index contributed by atoms with van der Waals surface area (Å²) in [6, 6.07) is 7.96. The fourth-order valence-corrected chi connectivity index (χ4v) is 3.40. The summed E-state index contributed by atoms with van der Waals surface area (Å²) < 4.78 is 0. The van der Waals surface area contributed by atoms with Crippen molar-refractivity contribution in [2.24, 2.45) is 0 Å². The molecule has 2 heterocycles. The molecular weight excluding hydrogens is 310 g/mol. The molecule has 2 fully saturated rings. The molecule has 0 bridgehead atoms. The lowest BCUT2D eigenvalue weighted by Crippen LogP contribution is -2.71. The maximum absolute atomic E-state index is 12.8. The third kappa shape index (κ3) is 2.61. The van der Waals surface area contributed by atoms with E-state index in [1.54, 1.807) is 41.3 Å². The van der Waals surface area contributed by atoms with Crippen molar-refractivity contribution in [1.29, 1.82) is 0 Å². The summed E-state index contributed by atoms with van der Waals surface area (Å²) >= 11 is 0. The third-order valence-corrected chi connectivity index (χ3v) is 4.56. The number of nitrogens with one attached hydrogen (secondary N) is 2. The predicted octanol–water partition coefficient (Wildman–Crippen LogP) is 0.262. The minimum atomic E-state index is -1.56. The van der Waals surface area contributed by atoms with Gasteiger partial charge in [-0.3, -0.25) is 25.1 Å². The van der Waals surface area contributed by atoms with Gasteiger partial charge in [-0.1, -0.05) is 42.0 Å². The summed E-state index contributed by atoms with van der Waals surface area (Å²) in [7, 11) is 0. The van der Waals surface area contributed by atoms with E-state index in [0.29, 0.717) is 31.5 Å². The number of carbonyl (C=O) groups excluding carboxylic acids is 3. The molecule has 0 aromatic heterocycles. The molecule has 0 radical (unpaired) electrons. The predicted molar refractivity (Wildman–Crippen MR) is 85.8 cm³/mol. The Kier molecular flexibility index (Phi) is 4.46. The Morgan fingerprint density at radius 1 is 1.04 bits per heavy atom. The van der Waals surface area contributed by atoms with Crippen LogP contribution >= 0.6 is 0 Å². The van der Waals surface area contributed by atoms with Gasteiger partial charge < -0.3 is 5.11 Å². The van der Waals surface area contributed by atoms with Crippen LogP contribution in [0.15, 0.2) is 42.0 Å². The molecule has 0 unspecified atom stereocenters. The molecule has 7 heteroatoms. The van der Waals surface area contributed by atoms with Gasteiger partial charge >= 0.3 is 6.03 Å². The van der Waals surface area contributed by atoms with Crippen molar-refractivity contribution in [3.8, 4) is 0 Å². The van der Waals surface area contributed by atoms with E-state index in [1.807, 2.05) is 0 Å². The van der Waals surface area contributed by atoms with Gasteiger partial charge in [-0.25, -0.2) is 4.79 Å². The summed E-state index contributed by atoms with van der Waals surface area (Å²) in [5, 5.41) is 13.5. The number of amides is 4. The van der Waals surface area contributed by atoms with E-state index in [9.17, 15) is 14.4 Å². The van der Waals surface area contributed by atoms with Gasteiger partial charge in [0.15, 0.2) is 0 Å². The van der Waals surface area contributed by atoms with Crippen LogP contribution in [0.2, 0.25) is 0 Å². The molecule has 0 aliphatic carbocycles. The molecule has 4 amide bonds. The zero-order valence-electron chi connectivity index (χ0n) is 13.1. The summed E-state index contributed by atoms with van der Waals surface area (Å²) in [5.41, 5.74) is 0.0756. The number of nitrogens with zero attached hydrogens (tertiary/aromatic N) is 1. The second kappa shape index (κ2) is 6.54. The highest BCUT2D eigenvalue weighted by Gasteiger charge is 2.56. The van der Waals surface area contributed by atoms with Gasteiger partial charge in [0.2, 0.25) is 5.54 Å². The van der Waals surface area contributed by atoms with Crippen LogP contribution < -0.4 is 10.6 Å². The molecule has 2 aliphatic heterocycles. The van der Waals surface area contributed by atoms with E-state index in [0.717, 1.165) is 5.57 Å². The number of benzene rings is 1. The highest BCUT2D eigenvalue weighted by atomic mass is 16.2. The van der Waals surface area contributed by atoms with Crippen molar-refractivity contribution >= 4 is 17.8 Å². The summed E-state index contributed by atoms with van der Waals surface area (Å²) in [5.74, 6) is -1.26. The molecular formula is C17H19N3O4. The van der Waals surface area contributed by atoms with Crippen LogP contribution in [0, 0.1) is 0 Å². The third-order valence-electron chi connectivity index (χ3n) is 4.56. The van der Waals surface area contributed by atoms with Crippen LogP contribution in [0.1, 0.15) is 18.4 Å². The molecule has 1 aromatic carbocycles. The van der Waals surface area contributed by atoms with Crippen LogP contribution in [-0.2, 0) is 15.1 Å². The first-order chi connectivity index (χ1) is 11.6. The average Bonchev–Trinajstić information content (AvgIpc) is 2.57. The smallest absolute Gasteiger partial charge is 0.328 e. The molecule has 0 spiro atoms. The van der Waals surface area contributed by atoms with E-state index in [4.69, 9.17) is 5.11 Å². The lowest BCUT2D eigenvalue weighted by Gasteiger charge is -2.45. The van der Waals surface area contributed by atoms with Gasteiger partial charge in [-0.2, -0.15) is 0 Å². The van der Waals surface area contributed by atoms with Crippen molar-refractivity contribution in [3.63, 3.8) is 0 Å². The number of hydrogen-bond donors (Lipinski definition) is 3. The van der Waals surface area contributed by atoms with Crippen LogP contribution in [0.25, 0.3) is 0 Å². The Bertz CT molecular complexity index is 669. The van der Waals surface area contributed by atoms with E-state index >= 15 is 0 Å². The number of rotatable bonds is 3. The van der Waals surface area contributed by atoms with Crippen LogP contribution in [0.4, 0.5) is 4.79 Å². The Morgan fingerprint density at radius 3 is 2.17 bits per heavy atom. The topological polar surface area (TPSA) is 98.7 Å². The first-order valence-corrected chi connectivity index (χ1v) is 7.85. The van der Waals surface area contributed by atoms with E-state index in [2.05, 4.69) is 10.6 Å². The van der Waals surface area contributed by atoms with Crippen molar-refractivity contribution in [1.82, 2.24) is 15.5 Å². The second-order valence-corrected chi connectivity index (χ2v) is 5.85. The minimum Gasteiger partial charge on any atom is -0.392 e. The van der Waals surface area contributed by atoms with Gasteiger partial charge in [0.1, 0.15) is 0 Å². The molecule has 0 saturated carbocycles. The Morgan fingerprint density at radius 2 is 1.62 bits per heavy atom. The van der Waals surface area contributed by atoms with Gasteiger partial charge in [0.25, 0.3) is 11.8 Å². The fourth-order valence-electron chi connectivity index (χ4n) is 3.40. The van der Waals surface area contributed by atoms with Crippen molar-refractivity contribution in [2.45, 2.75) is 18.4 Å². The van der Waals surface area contributed by atoms with Crippen LogP contribution in [-0.4, -0.2) is 47.5 Å². The molecule has 3 N–H and O–H groups in total. The largest absolute Gasteiger partial charge is 0.392 e. The number of piperidine rings is 1. The molecule has 126 valence electrons. The Balaban J connectivity index is 2.01. The lowest BCUT2D eigenvalue weighted by atomic mass is 9.82. The molecule has 2 aliphatic rings. The van der Waals surface area contributed by atoms with Crippen molar-refractivity contribution in [2.75, 3.05) is 19.7 Å². The van der Waals surface area contributed by atoms with Gasteiger partial charge in [-0.15, -0.1) is 0 Å². The van der Waals surface area contributed by atoms with Crippen LogP contribution in [0.3, 0.4) is 0 Å². The Hall–Kier alpha value is -2.51. The molecule has 1 aromatic rings. The number of aliphatic hydroxyl groups is 1. The highest BCUT2D eigenvalue weighted by Crippen LogP contribution is 2.34. The molecule has 3 rings (SSSR count). The van der Waals surface area contributed by atoms with Crippen molar-refractivity contribution in [3.05, 3.63) is 47.5 Å². The molecule has 2 saturated heterocycles. The van der Waals surface area contributed by atoms with Crippen LogP contribution in [0.5, 0.6) is 0 Å². The Labute approximate surface area is 139 Å².